The summed E-state index contributed by atoms with van der Waals surface area (Å²) in [6.07, 6.45) is 1.16. The Morgan fingerprint density at radius 3 is 2.31 bits per heavy atom. The van der Waals surface area contributed by atoms with E-state index in [1.807, 2.05) is 72.8 Å². The van der Waals surface area contributed by atoms with Crippen LogP contribution in [-0.2, 0) is 11.2 Å². The van der Waals surface area contributed by atoms with Gasteiger partial charge in [0.2, 0.25) is 5.91 Å². The van der Waals surface area contributed by atoms with E-state index in [4.69, 9.17) is 9.47 Å². The Labute approximate surface area is 171 Å². The van der Waals surface area contributed by atoms with Crippen LogP contribution in [0.3, 0.4) is 0 Å². The van der Waals surface area contributed by atoms with Gasteiger partial charge in [0.1, 0.15) is 11.5 Å². The first-order valence-corrected chi connectivity index (χ1v) is 9.68. The largest absolute Gasteiger partial charge is 0.496 e. The third kappa shape index (κ3) is 6.57. The van der Waals surface area contributed by atoms with Crippen LogP contribution in [0, 0.1) is 0 Å². The molecule has 0 aliphatic heterocycles. The Kier molecular flexibility index (Phi) is 7.52. The van der Waals surface area contributed by atoms with Crippen LogP contribution in [0.4, 0.5) is 11.4 Å². The van der Waals surface area contributed by atoms with Crippen molar-refractivity contribution in [2.24, 2.45) is 0 Å². The van der Waals surface area contributed by atoms with E-state index < -0.39 is 0 Å². The summed E-state index contributed by atoms with van der Waals surface area (Å²) in [5.74, 6) is 1.60. The van der Waals surface area contributed by atoms with Crippen LogP contribution in [0.25, 0.3) is 0 Å². The summed E-state index contributed by atoms with van der Waals surface area (Å²) in [5, 5.41) is 6.28. The minimum Gasteiger partial charge on any atom is -0.496 e. The van der Waals surface area contributed by atoms with Gasteiger partial charge >= 0.3 is 0 Å². The van der Waals surface area contributed by atoms with Gasteiger partial charge in [0, 0.05) is 17.9 Å². The summed E-state index contributed by atoms with van der Waals surface area (Å²) in [6.45, 7) is 1.14. The standard InChI is InChI=1S/C24H26N2O3/c1-28-23-10-6-5-7-19(23)15-17-25-20-11-13-21(14-12-20)26-24(27)16-18-29-22-8-3-2-4-9-22/h2-14,25H,15-18H2,1H3,(H,26,27). The third-order valence-electron chi connectivity index (χ3n) is 4.43. The van der Waals surface area contributed by atoms with Gasteiger partial charge in [-0.25, -0.2) is 0 Å². The molecule has 0 radical (unpaired) electrons. The lowest BCUT2D eigenvalue weighted by molar-refractivity contribution is -0.116. The smallest absolute Gasteiger partial charge is 0.227 e. The Hall–Kier alpha value is -3.47. The topological polar surface area (TPSA) is 59.6 Å². The maximum atomic E-state index is 12.1. The Balaban J connectivity index is 1.39. The van der Waals surface area contributed by atoms with Crippen molar-refractivity contribution in [3.8, 4) is 11.5 Å². The quantitative estimate of drug-likeness (QED) is 0.524. The molecule has 0 atom stereocenters. The number of methoxy groups -OCH3 is 1. The van der Waals surface area contributed by atoms with E-state index in [0.717, 1.165) is 35.8 Å². The number of hydrogen-bond donors (Lipinski definition) is 2. The molecule has 0 heterocycles. The number of rotatable bonds is 10. The van der Waals surface area contributed by atoms with Crippen LogP contribution in [0.1, 0.15) is 12.0 Å². The SMILES string of the molecule is COc1ccccc1CCNc1ccc(NC(=O)CCOc2ccccc2)cc1. The minimum atomic E-state index is -0.0715. The second-order valence-electron chi connectivity index (χ2n) is 6.53. The molecule has 0 fully saturated rings. The normalized spacial score (nSPS) is 10.2. The van der Waals surface area contributed by atoms with Gasteiger partial charge in [0.25, 0.3) is 0 Å². The maximum absolute atomic E-state index is 12.1. The van der Waals surface area contributed by atoms with E-state index in [1.165, 1.54) is 5.56 Å². The number of benzene rings is 3. The lowest BCUT2D eigenvalue weighted by atomic mass is 10.1. The number of ether oxygens (including phenoxy) is 2. The molecule has 0 bridgehead atoms. The zero-order chi connectivity index (χ0) is 20.3. The first-order valence-electron chi connectivity index (χ1n) is 9.68. The second kappa shape index (κ2) is 10.8. The molecule has 0 saturated heterocycles. The van der Waals surface area contributed by atoms with E-state index in [1.54, 1.807) is 7.11 Å². The van der Waals surface area contributed by atoms with Crippen molar-refractivity contribution in [1.29, 1.82) is 0 Å². The summed E-state index contributed by atoms with van der Waals surface area (Å²) in [7, 11) is 1.69. The minimum absolute atomic E-state index is 0.0715. The summed E-state index contributed by atoms with van der Waals surface area (Å²) in [6, 6.07) is 25.2. The van der Waals surface area contributed by atoms with Crippen molar-refractivity contribution in [3.63, 3.8) is 0 Å². The number of para-hydroxylation sites is 2. The maximum Gasteiger partial charge on any atom is 0.227 e. The zero-order valence-corrected chi connectivity index (χ0v) is 16.6. The second-order valence-corrected chi connectivity index (χ2v) is 6.53. The molecule has 150 valence electrons. The van der Waals surface area contributed by atoms with Gasteiger partial charge in [-0.1, -0.05) is 36.4 Å². The molecule has 0 unspecified atom stereocenters. The molecule has 0 spiro atoms. The van der Waals surface area contributed by atoms with Crippen LogP contribution >= 0.6 is 0 Å². The molecule has 3 rings (SSSR count). The average molecular weight is 390 g/mol. The van der Waals surface area contributed by atoms with Crippen molar-refractivity contribution < 1.29 is 14.3 Å². The lowest BCUT2D eigenvalue weighted by Gasteiger charge is -2.11. The van der Waals surface area contributed by atoms with Crippen LogP contribution in [0.2, 0.25) is 0 Å². The highest BCUT2D eigenvalue weighted by Crippen LogP contribution is 2.19. The highest BCUT2D eigenvalue weighted by molar-refractivity contribution is 5.90. The van der Waals surface area contributed by atoms with Crippen molar-refractivity contribution in [2.45, 2.75) is 12.8 Å². The van der Waals surface area contributed by atoms with E-state index >= 15 is 0 Å². The fourth-order valence-corrected chi connectivity index (χ4v) is 2.92. The van der Waals surface area contributed by atoms with Crippen LogP contribution < -0.4 is 20.1 Å². The number of carbonyl (C=O) groups excluding carboxylic acids is 1. The van der Waals surface area contributed by atoms with Crippen molar-refractivity contribution in [1.82, 2.24) is 0 Å². The molecule has 3 aromatic carbocycles. The van der Waals surface area contributed by atoms with Gasteiger partial charge in [-0.05, 0) is 54.4 Å². The number of carbonyl (C=O) groups is 1. The summed E-state index contributed by atoms with van der Waals surface area (Å²) < 4.78 is 10.9. The van der Waals surface area contributed by atoms with Gasteiger partial charge in [0.05, 0.1) is 20.1 Å². The molecule has 0 aliphatic rings. The summed E-state index contributed by atoms with van der Waals surface area (Å²) in [5.41, 5.74) is 2.94. The van der Waals surface area contributed by atoms with Crippen molar-refractivity contribution >= 4 is 17.3 Å². The van der Waals surface area contributed by atoms with E-state index in [0.29, 0.717) is 13.0 Å². The van der Waals surface area contributed by atoms with Gasteiger partial charge in [0.15, 0.2) is 0 Å². The average Bonchev–Trinajstić information content (AvgIpc) is 2.76. The number of hydrogen-bond acceptors (Lipinski definition) is 4. The molecule has 2 N–H and O–H groups in total. The van der Waals surface area contributed by atoms with Gasteiger partial charge in [-0.15, -0.1) is 0 Å². The molecule has 5 heteroatoms. The first-order chi connectivity index (χ1) is 14.2. The van der Waals surface area contributed by atoms with E-state index in [2.05, 4.69) is 16.7 Å². The Bertz CT molecular complexity index is 896. The fourth-order valence-electron chi connectivity index (χ4n) is 2.92. The van der Waals surface area contributed by atoms with Gasteiger partial charge in [-0.2, -0.15) is 0 Å². The van der Waals surface area contributed by atoms with Gasteiger partial charge in [-0.3, -0.25) is 4.79 Å². The Morgan fingerprint density at radius 1 is 0.862 bits per heavy atom. The summed E-state index contributed by atoms with van der Waals surface area (Å²) in [4.78, 5) is 12.1. The molecule has 0 aromatic heterocycles. The predicted octanol–water partition coefficient (Wildman–Crippen LogP) is 4.76. The number of anilines is 2. The van der Waals surface area contributed by atoms with Crippen LogP contribution in [-0.4, -0.2) is 26.2 Å². The highest BCUT2D eigenvalue weighted by atomic mass is 16.5. The number of nitrogens with one attached hydrogen (secondary N) is 2. The highest BCUT2D eigenvalue weighted by Gasteiger charge is 2.04. The lowest BCUT2D eigenvalue weighted by Crippen LogP contribution is -2.15. The molecule has 0 aliphatic carbocycles. The van der Waals surface area contributed by atoms with Crippen LogP contribution in [0.15, 0.2) is 78.9 Å². The molecular weight excluding hydrogens is 364 g/mol. The molecule has 5 nitrogen and oxygen atoms in total. The zero-order valence-electron chi connectivity index (χ0n) is 16.6. The van der Waals surface area contributed by atoms with Crippen LogP contribution in [0.5, 0.6) is 11.5 Å². The van der Waals surface area contributed by atoms with E-state index in [9.17, 15) is 4.79 Å². The third-order valence-corrected chi connectivity index (χ3v) is 4.43. The van der Waals surface area contributed by atoms with E-state index in [-0.39, 0.29) is 5.91 Å². The van der Waals surface area contributed by atoms with Gasteiger partial charge < -0.3 is 20.1 Å². The Morgan fingerprint density at radius 2 is 1.55 bits per heavy atom. The molecule has 1 amide bonds. The monoisotopic (exact) mass is 390 g/mol. The molecular formula is C24H26N2O3. The first kappa shape index (κ1) is 20.3. The predicted molar refractivity (Wildman–Crippen MR) is 117 cm³/mol. The van der Waals surface area contributed by atoms with Crippen molar-refractivity contribution in [3.05, 3.63) is 84.4 Å². The molecule has 3 aromatic rings. The molecule has 29 heavy (non-hydrogen) atoms. The fraction of sp³-hybridized carbons (Fsp3) is 0.208. The number of amides is 1. The molecule has 0 saturated carbocycles. The van der Waals surface area contributed by atoms with Crippen molar-refractivity contribution in [2.75, 3.05) is 30.9 Å². The summed E-state index contributed by atoms with van der Waals surface area (Å²) >= 11 is 0.